The average Bonchev–Trinajstić information content (AvgIpc) is 1.37. The maximum atomic E-state index is 6.31. The van der Waals surface area contributed by atoms with E-state index in [9.17, 15) is 0 Å². The molecule has 0 fully saturated rings. The third-order valence-electron chi connectivity index (χ3n) is 0.118. The molecule has 0 saturated heterocycles. The molecule has 0 bridgehead atoms. The minimum absolute atomic E-state index is 0.778. The number of hydrogen-bond acceptors (Lipinski definition) is 1. The molecule has 0 saturated carbocycles. The summed E-state index contributed by atoms with van der Waals surface area (Å²) in [6, 6.07) is 0. The highest BCUT2D eigenvalue weighted by Crippen LogP contribution is 1.66. The van der Waals surface area contributed by atoms with E-state index in [2.05, 4.69) is 9.24 Å². The van der Waals surface area contributed by atoms with E-state index in [0.717, 1.165) is 6.16 Å². The van der Waals surface area contributed by atoms with Gasteiger partial charge in [0.15, 0.2) is 0 Å². The summed E-state index contributed by atoms with van der Waals surface area (Å²) in [5, 5.41) is 6.31. The fourth-order valence-corrected chi connectivity index (χ4v) is 0. The Kier molecular flexibility index (Phi) is 3.18. The quantitative estimate of drug-likeness (QED) is 0.347. The summed E-state index contributed by atoms with van der Waals surface area (Å²) in [6.45, 7) is 0. The largest absolute Gasteiger partial charge is 0.313 e. The fourth-order valence-electron chi connectivity index (χ4n) is 0. The standard InChI is InChI=1S/C2H6NP/c3-1-2-4/h1,3H,2,4H2. The highest BCUT2D eigenvalue weighted by molar-refractivity contribution is 7.17. The first-order valence-corrected chi connectivity index (χ1v) is 1.92. The van der Waals surface area contributed by atoms with Crippen molar-refractivity contribution in [1.82, 2.24) is 0 Å². The number of nitrogens with one attached hydrogen (secondary N) is 1. The summed E-state index contributed by atoms with van der Waals surface area (Å²) >= 11 is 0. The van der Waals surface area contributed by atoms with Gasteiger partial charge in [0.05, 0.1) is 0 Å². The van der Waals surface area contributed by atoms with Crippen LogP contribution in [0.15, 0.2) is 0 Å². The van der Waals surface area contributed by atoms with Gasteiger partial charge in [0.2, 0.25) is 0 Å². The summed E-state index contributed by atoms with van der Waals surface area (Å²) in [5.41, 5.74) is 0. The van der Waals surface area contributed by atoms with Crippen molar-refractivity contribution in [2.24, 2.45) is 0 Å². The van der Waals surface area contributed by atoms with Gasteiger partial charge in [-0.15, -0.1) is 9.24 Å². The predicted octanol–water partition coefficient (Wildman–Crippen LogP) is 0.511. The molecule has 0 heterocycles. The van der Waals surface area contributed by atoms with Gasteiger partial charge in [0.25, 0.3) is 0 Å². The fraction of sp³-hybridized carbons (Fsp3) is 0.500. The lowest BCUT2D eigenvalue weighted by atomic mass is 10.9. The Morgan fingerprint density at radius 3 is 2.25 bits per heavy atom. The van der Waals surface area contributed by atoms with Crippen LogP contribution in [0.5, 0.6) is 0 Å². The van der Waals surface area contributed by atoms with Crippen LogP contribution in [0.2, 0.25) is 0 Å². The van der Waals surface area contributed by atoms with E-state index in [1.165, 1.54) is 6.21 Å². The predicted molar refractivity (Wildman–Crippen MR) is 23.4 cm³/mol. The lowest BCUT2D eigenvalue weighted by molar-refractivity contribution is 1.55. The van der Waals surface area contributed by atoms with E-state index in [0.29, 0.717) is 0 Å². The molecule has 0 aromatic carbocycles. The lowest BCUT2D eigenvalue weighted by Crippen LogP contribution is -1.59. The third-order valence-corrected chi connectivity index (χ3v) is 0.354. The minimum Gasteiger partial charge on any atom is -0.313 e. The van der Waals surface area contributed by atoms with Crippen molar-refractivity contribution in [1.29, 1.82) is 5.41 Å². The zero-order chi connectivity index (χ0) is 3.41. The molecule has 1 nitrogen and oxygen atoms in total. The average molecular weight is 75.1 g/mol. The van der Waals surface area contributed by atoms with Crippen LogP contribution in [0.1, 0.15) is 0 Å². The first kappa shape index (κ1) is 4.10. The maximum Gasteiger partial charge on any atom is -0.000984 e. The number of hydrogen-bond donors (Lipinski definition) is 1. The van der Waals surface area contributed by atoms with E-state index >= 15 is 0 Å². The van der Waals surface area contributed by atoms with E-state index in [4.69, 9.17) is 5.41 Å². The Morgan fingerprint density at radius 2 is 2.25 bits per heavy atom. The van der Waals surface area contributed by atoms with E-state index < -0.39 is 0 Å². The molecule has 0 spiro atoms. The van der Waals surface area contributed by atoms with Gasteiger partial charge in [-0.25, -0.2) is 0 Å². The van der Waals surface area contributed by atoms with E-state index in [1.54, 1.807) is 0 Å². The van der Waals surface area contributed by atoms with Crippen LogP contribution in [0.3, 0.4) is 0 Å². The third kappa shape index (κ3) is 2.10. The summed E-state index contributed by atoms with van der Waals surface area (Å²) < 4.78 is 0. The van der Waals surface area contributed by atoms with Crippen molar-refractivity contribution in [3.05, 3.63) is 0 Å². The van der Waals surface area contributed by atoms with Crippen LogP contribution in [0.4, 0.5) is 0 Å². The summed E-state index contributed by atoms with van der Waals surface area (Å²) in [4.78, 5) is 0. The molecular weight excluding hydrogens is 69.0 g/mol. The molecule has 0 aromatic rings. The second-order valence-electron chi connectivity index (χ2n) is 0.440. The van der Waals surface area contributed by atoms with Crippen molar-refractivity contribution in [3.63, 3.8) is 0 Å². The van der Waals surface area contributed by atoms with E-state index in [1.807, 2.05) is 0 Å². The first-order valence-electron chi connectivity index (χ1n) is 1.11. The molecule has 0 aliphatic carbocycles. The van der Waals surface area contributed by atoms with Gasteiger partial charge in [0, 0.05) is 0 Å². The van der Waals surface area contributed by atoms with Crippen molar-refractivity contribution in [2.75, 3.05) is 6.16 Å². The van der Waals surface area contributed by atoms with Gasteiger partial charge in [0.1, 0.15) is 0 Å². The Labute approximate surface area is 28.1 Å². The Hall–Kier alpha value is 0.100. The van der Waals surface area contributed by atoms with Crippen molar-refractivity contribution in [3.8, 4) is 0 Å². The summed E-state index contributed by atoms with van der Waals surface area (Å²) in [6.07, 6.45) is 2.12. The van der Waals surface area contributed by atoms with Gasteiger partial charge in [-0.05, 0) is 12.4 Å². The van der Waals surface area contributed by atoms with Crippen LogP contribution in [0.25, 0.3) is 0 Å². The molecule has 0 aliphatic heterocycles. The van der Waals surface area contributed by atoms with Crippen LogP contribution >= 0.6 is 9.24 Å². The van der Waals surface area contributed by atoms with Crippen LogP contribution in [0, 0.1) is 5.41 Å². The van der Waals surface area contributed by atoms with E-state index in [-0.39, 0.29) is 0 Å². The molecule has 0 aliphatic rings. The van der Waals surface area contributed by atoms with Gasteiger partial charge in [-0.2, -0.15) is 0 Å². The molecule has 1 atom stereocenters. The second-order valence-corrected chi connectivity index (χ2v) is 0.911. The molecule has 24 valence electrons. The Balaban J connectivity index is 2.30. The van der Waals surface area contributed by atoms with Gasteiger partial charge >= 0.3 is 0 Å². The molecule has 0 amide bonds. The zero-order valence-corrected chi connectivity index (χ0v) is 3.52. The molecule has 0 rings (SSSR count). The van der Waals surface area contributed by atoms with Crippen molar-refractivity contribution in [2.45, 2.75) is 0 Å². The monoisotopic (exact) mass is 75.0 g/mol. The number of rotatable bonds is 1. The van der Waals surface area contributed by atoms with Crippen molar-refractivity contribution >= 4 is 15.5 Å². The van der Waals surface area contributed by atoms with Gasteiger partial charge in [-0.3, -0.25) is 0 Å². The molecule has 0 radical (unpaired) electrons. The van der Waals surface area contributed by atoms with Crippen LogP contribution < -0.4 is 0 Å². The topological polar surface area (TPSA) is 23.9 Å². The smallest absolute Gasteiger partial charge is 0.000984 e. The molecular formula is C2H6NP. The summed E-state index contributed by atoms with van der Waals surface area (Å²) in [5.74, 6) is 0. The normalized spacial score (nSPS) is 6.25. The lowest BCUT2D eigenvalue weighted by Gasteiger charge is -1.56. The SMILES string of the molecule is N=CCP. The second kappa shape index (κ2) is 3.10. The Morgan fingerprint density at radius 1 is 2.00 bits per heavy atom. The molecule has 1 unspecified atom stereocenters. The highest BCUT2D eigenvalue weighted by Gasteiger charge is 1.47. The Bertz CT molecular complexity index is 20.0. The highest BCUT2D eigenvalue weighted by atomic mass is 31.0. The first-order chi connectivity index (χ1) is 1.91. The maximum absolute atomic E-state index is 6.31. The molecule has 2 heteroatoms. The minimum atomic E-state index is 0.778. The van der Waals surface area contributed by atoms with Crippen LogP contribution in [-0.4, -0.2) is 12.4 Å². The van der Waals surface area contributed by atoms with Gasteiger partial charge in [-0.1, -0.05) is 0 Å². The molecule has 0 aromatic heterocycles. The molecule has 1 N–H and O–H groups in total. The van der Waals surface area contributed by atoms with Crippen molar-refractivity contribution < 1.29 is 0 Å². The zero-order valence-electron chi connectivity index (χ0n) is 2.36. The van der Waals surface area contributed by atoms with Crippen LogP contribution in [-0.2, 0) is 0 Å². The van der Waals surface area contributed by atoms with Gasteiger partial charge < -0.3 is 5.41 Å². The summed E-state index contributed by atoms with van der Waals surface area (Å²) in [7, 11) is 2.41. The molecule has 4 heavy (non-hydrogen) atoms.